The Morgan fingerprint density at radius 1 is 1.08 bits per heavy atom. The Balaban J connectivity index is 1.35. The van der Waals surface area contributed by atoms with Crippen LogP contribution in [-0.2, 0) is 6.54 Å². The Labute approximate surface area is 152 Å². The highest BCUT2D eigenvalue weighted by atomic mass is 16.3. The van der Waals surface area contributed by atoms with Gasteiger partial charge in [-0.3, -0.25) is 9.69 Å². The van der Waals surface area contributed by atoms with E-state index in [0.717, 1.165) is 44.8 Å². The first-order chi connectivity index (χ1) is 12.8. The van der Waals surface area contributed by atoms with Crippen LogP contribution in [0.4, 0.5) is 0 Å². The zero-order valence-electron chi connectivity index (χ0n) is 14.6. The molecule has 2 aromatic heterocycles. The van der Waals surface area contributed by atoms with Gasteiger partial charge in [-0.1, -0.05) is 12.1 Å². The van der Waals surface area contributed by atoms with Crippen LogP contribution >= 0.6 is 0 Å². The standard InChI is InChI=1S/C20H22N4O2/c25-20(18-6-13-26-15-18)23-9-1-8-22(11-12-23)14-17-2-4-19(5-3-17)24-10-7-21-16-24/h2-7,10,13,15-16H,1,8-9,11-12,14H2. The molecule has 6 nitrogen and oxygen atoms in total. The predicted octanol–water partition coefficient (Wildman–Crippen LogP) is 2.81. The minimum Gasteiger partial charge on any atom is -0.472 e. The molecule has 1 saturated heterocycles. The smallest absolute Gasteiger partial charge is 0.257 e. The maximum absolute atomic E-state index is 12.5. The van der Waals surface area contributed by atoms with Crippen molar-refractivity contribution in [3.63, 3.8) is 0 Å². The summed E-state index contributed by atoms with van der Waals surface area (Å²) in [5, 5.41) is 0. The van der Waals surface area contributed by atoms with E-state index in [1.54, 1.807) is 24.9 Å². The maximum Gasteiger partial charge on any atom is 0.257 e. The third kappa shape index (κ3) is 3.70. The van der Waals surface area contributed by atoms with Gasteiger partial charge in [-0.25, -0.2) is 4.98 Å². The summed E-state index contributed by atoms with van der Waals surface area (Å²) in [6.07, 6.45) is 9.57. The molecule has 0 atom stereocenters. The number of aromatic nitrogens is 2. The lowest BCUT2D eigenvalue weighted by Crippen LogP contribution is -2.34. The molecule has 0 saturated carbocycles. The van der Waals surface area contributed by atoms with E-state index in [-0.39, 0.29) is 5.91 Å². The van der Waals surface area contributed by atoms with Crippen LogP contribution in [0.15, 0.2) is 66.0 Å². The number of benzene rings is 1. The van der Waals surface area contributed by atoms with E-state index in [1.165, 1.54) is 11.8 Å². The minimum absolute atomic E-state index is 0.0604. The van der Waals surface area contributed by atoms with Crippen LogP contribution < -0.4 is 0 Å². The highest BCUT2D eigenvalue weighted by Crippen LogP contribution is 2.14. The van der Waals surface area contributed by atoms with Crippen LogP contribution in [0.2, 0.25) is 0 Å². The molecule has 3 aromatic rings. The Bertz CT molecular complexity index is 825. The van der Waals surface area contributed by atoms with Gasteiger partial charge >= 0.3 is 0 Å². The molecule has 1 aliphatic heterocycles. The number of rotatable bonds is 4. The molecule has 0 radical (unpaired) electrons. The van der Waals surface area contributed by atoms with Gasteiger partial charge in [-0.15, -0.1) is 0 Å². The summed E-state index contributed by atoms with van der Waals surface area (Å²) >= 11 is 0. The van der Waals surface area contributed by atoms with Crippen LogP contribution in [-0.4, -0.2) is 51.4 Å². The summed E-state index contributed by atoms with van der Waals surface area (Å²) < 4.78 is 7.03. The van der Waals surface area contributed by atoms with Gasteiger partial charge in [0.2, 0.25) is 0 Å². The predicted molar refractivity (Wildman–Crippen MR) is 98.1 cm³/mol. The van der Waals surface area contributed by atoms with Crippen molar-refractivity contribution in [1.82, 2.24) is 19.4 Å². The SMILES string of the molecule is O=C(c1ccoc1)N1CCCN(Cc2ccc(-n3ccnc3)cc2)CC1. The zero-order valence-corrected chi connectivity index (χ0v) is 14.6. The lowest BCUT2D eigenvalue weighted by Gasteiger charge is -2.21. The van der Waals surface area contributed by atoms with Crippen LogP contribution in [0.1, 0.15) is 22.3 Å². The largest absolute Gasteiger partial charge is 0.472 e. The molecule has 1 amide bonds. The fourth-order valence-corrected chi connectivity index (χ4v) is 3.34. The number of hydrogen-bond donors (Lipinski definition) is 0. The van der Waals surface area contributed by atoms with E-state index in [1.807, 2.05) is 15.7 Å². The summed E-state index contributed by atoms with van der Waals surface area (Å²) in [4.78, 5) is 20.9. The quantitative estimate of drug-likeness (QED) is 0.726. The second-order valence-corrected chi connectivity index (χ2v) is 6.57. The molecule has 26 heavy (non-hydrogen) atoms. The van der Waals surface area contributed by atoms with Crippen LogP contribution in [0.5, 0.6) is 0 Å². The third-order valence-corrected chi connectivity index (χ3v) is 4.79. The Morgan fingerprint density at radius 3 is 2.69 bits per heavy atom. The summed E-state index contributed by atoms with van der Waals surface area (Å²) in [7, 11) is 0. The fourth-order valence-electron chi connectivity index (χ4n) is 3.34. The molecule has 1 aliphatic rings. The molecule has 0 spiro atoms. The van der Waals surface area contributed by atoms with E-state index in [4.69, 9.17) is 4.42 Å². The van der Waals surface area contributed by atoms with Crippen molar-refractivity contribution in [2.24, 2.45) is 0 Å². The van der Waals surface area contributed by atoms with Gasteiger partial charge < -0.3 is 13.9 Å². The Morgan fingerprint density at radius 2 is 1.96 bits per heavy atom. The van der Waals surface area contributed by atoms with Crippen molar-refractivity contribution in [3.8, 4) is 5.69 Å². The van der Waals surface area contributed by atoms with E-state index >= 15 is 0 Å². The van der Waals surface area contributed by atoms with Gasteiger partial charge in [0.05, 0.1) is 18.2 Å². The van der Waals surface area contributed by atoms with E-state index in [2.05, 4.69) is 34.1 Å². The molecule has 0 aliphatic carbocycles. The topological polar surface area (TPSA) is 54.5 Å². The van der Waals surface area contributed by atoms with Crippen molar-refractivity contribution in [3.05, 3.63) is 72.7 Å². The van der Waals surface area contributed by atoms with Crippen LogP contribution in [0.25, 0.3) is 5.69 Å². The Hall–Kier alpha value is -2.86. The monoisotopic (exact) mass is 350 g/mol. The molecule has 4 rings (SSSR count). The van der Waals surface area contributed by atoms with Gasteiger partial charge in [-0.2, -0.15) is 0 Å². The molecule has 134 valence electrons. The number of carbonyl (C=O) groups excluding carboxylic acids is 1. The second kappa shape index (κ2) is 7.58. The summed E-state index contributed by atoms with van der Waals surface area (Å²) in [5.41, 5.74) is 3.02. The molecule has 1 aromatic carbocycles. The highest BCUT2D eigenvalue weighted by Gasteiger charge is 2.21. The van der Waals surface area contributed by atoms with Crippen LogP contribution in [0.3, 0.4) is 0 Å². The normalized spacial score (nSPS) is 15.8. The van der Waals surface area contributed by atoms with Crippen LogP contribution in [0, 0.1) is 0 Å². The summed E-state index contributed by atoms with van der Waals surface area (Å²) in [6, 6.07) is 10.3. The molecule has 1 fully saturated rings. The van der Waals surface area contributed by atoms with Crippen molar-refractivity contribution < 1.29 is 9.21 Å². The molecule has 0 bridgehead atoms. The van der Waals surface area contributed by atoms with Gasteiger partial charge in [-0.05, 0) is 30.2 Å². The molecular weight excluding hydrogens is 328 g/mol. The lowest BCUT2D eigenvalue weighted by atomic mass is 10.2. The van der Waals surface area contributed by atoms with Gasteiger partial charge in [0.25, 0.3) is 5.91 Å². The first kappa shape index (κ1) is 16.6. The third-order valence-electron chi connectivity index (χ3n) is 4.79. The molecule has 6 heteroatoms. The lowest BCUT2D eigenvalue weighted by molar-refractivity contribution is 0.0760. The number of furan rings is 1. The van der Waals surface area contributed by atoms with Gasteiger partial charge in [0.1, 0.15) is 6.26 Å². The first-order valence-corrected chi connectivity index (χ1v) is 8.91. The maximum atomic E-state index is 12.5. The molecule has 0 unspecified atom stereocenters. The molecular formula is C20H22N4O2. The van der Waals surface area contributed by atoms with Crippen molar-refractivity contribution in [2.45, 2.75) is 13.0 Å². The van der Waals surface area contributed by atoms with Crippen molar-refractivity contribution in [2.75, 3.05) is 26.2 Å². The number of hydrogen-bond acceptors (Lipinski definition) is 4. The van der Waals surface area contributed by atoms with Crippen molar-refractivity contribution in [1.29, 1.82) is 0 Å². The van der Waals surface area contributed by atoms with E-state index in [9.17, 15) is 4.79 Å². The zero-order chi connectivity index (χ0) is 17.8. The summed E-state index contributed by atoms with van der Waals surface area (Å²) in [6.45, 7) is 4.32. The number of amides is 1. The summed E-state index contributed by atoms with van der Waals surface area (Å²) in [5.74, 6) is 0.0604. The second-order valence-electron chi connectivity index (χ2n) is 6.57. The number of imidazole rings is 1. The van der Waals surface area contributed by atoms with Gasteiger partial charge in [0.15, 0.2) is 0 Å². The molecule has 0 N–H and O–H groups in total. The van der Waals surface area contributed by atoms with E-state index in [0.29, 0.717) is 5.56 Å². The highest BCUT2D eigenvalue weighted by molar-refractivity contribution is 5.93. The fraction of sp³-hybridized carbons (Fsp3) is 0.300. The average molecular weight is 350 g/mol. The molecule has 3 heterocycles. The number of nitrogens with zero attached hydrogens (tertiary/aromatic N) is 4. The average Bonchev–Trinajstić information content (AvgIpc) is 3.34. The minimum atomic E-state index is 0.0604. The Kier molecular flexibility index (Phi) is 4.84. The van der Waals surface area contributed by atoms with Crippen molar-refractivity contribution >= 4 is 5.91 Å². The van der Waals surface area contributed by atoms with E-state index < -0.39 is 0 Å². The first-order valence-electron chi connectivity index (χ1n) is 8.91. The number of carbonyl (C=O) groups is 1. The van der Waals surface area contributed by atoms with Gasteiger partial charge in [0, 0.05) is 50.8 Å².